The van der Waals surface area contributed by atoms with Crippen molar-refractivity contribution in [3.8, 4) is 17.6 Å². The third-order valence-corrected chi connectivity index (χ3v) is 2.67. The topological polar surface area (TPSA) is 47.6 Å². The molecular formula is C14H14FNO3. The lowest BCUT2D eigenvalue weighted by Gasteiger charge is -2.20. The highest BCUT2D eigenvalue weighted by molar-refractivity contribution is 5.93. The minimum Gasteiger partial charge on any atom is -0.467 e. The number of benzene rings is 1. The van der Waals surface area contributed by atoms with Crippen molar-refractivity contribution in [2.75, 3.05) is 13.3 Å². The second-order valence-electron chi connectivity index (χ2n) is 4.04. The number of carbonyl (C=O) groups is 1. The number of fused-ring (bicyclic) bond motifs is 1. The summed E-state index contributed by atoms with van der Waals surface area (Å²) in [5, 5.41) is 2.64. The van der Waals surface area contributed by atoms with Crippen LogP contribution in [0.15, 0.2) is 12.1 Å². The largest absolute Gasteiger partial charge is 0.467 e. The molecule has 1 aromatic rings. The van der Waals surface area contributed by atoms with Crippen LogP contribution < -0.4 is 10.1 Å². The van der Waals surface area contributed by atoms with Crippen LogP contribution in [-0.4, -0.2) is 19.2 Å². The molecule has 0 unspecified atom stereocenters. The van der Waals surface area contributed by atoms with Crippen molar-refractivity contribution in [1.29, 1.82) is 0 Å². The van der Waals surface area contributed by atoms with E-state index >= 15 is 0 Å². The number of halogens is 1. The minimum absolute atomic E-state index is 0.166. The molecule has 1 amide bonds. The molecule has 100 valence electrons. The quantitative estimate of drug-likeness (QED) is 0.838. The standard InChI is InChI=1S/C14H14FNO3/c1-2-3-13(17)16-5-4-10-6-12(15)7-11-8-18-9-19-14(10)11/h6-7H,4-5,8-9H2,1H3,(H,16,17). The molecule has 0 fully saturated rings. The van der Waals surface area contributed by atoms with Crippen LogP contribution in [0, 0.1) is 17.7 Å². The molecule has 0 aromatic heterocycles. The van der Waals surface area contributed by atoms with Crippen LogP contribution in [-0.2, 0) is 22.6 Å². The third kappa shape index (κ3) is 3.46. The first kappa shape index (κ1) is 13.4. The van der Waals surface area contributed by atoms with Gasteiger partial charge in [-0.3, -0.25) is 4.79 Å². The van der Waals surface area contributed by atoms with Gasteiger partial charge in [0, 0.05) is 12.1 Å². The fourth-order valence-corrected chi connectivity index (χ4v) is 1.91. The van der Waals surface area contributed by atoms with Gasteiger partial charge in [0.1, 0.15) is 11.6 Å². The lowest BCUT2D eigenvalue weighted by molar-refractivity contribution is -0.115. The van der Waals surface area contributed by atoms with Crippen molar-refractivity contribution in [2.45, 2.75) is 20.0 Å². The molecule has 5 heteroatoms. The molecule has 1 N–H and O–H groups in total. The summed E-state index contributed by atoms with van der Waals surface area (Å²) in [4.78, 5) is 11.2. The van der Waals surface area contributed by atoms with Gasteiger partial charge in [0.15, 0.2) is 6.79 Å². The Balaban J connectivity index is 2.05. The summed E-state index contributed by atoms with van der Waals surface area (Å²) in [6.45, 7) is 2.48. The van der Waals surface area contributed by atoms with Gasteiger partial charge in [-0.15, -0.1) is 0 Å². The summed E-state index contributed by atoms with van der Waals surface area (Å²) < 4.78 is 23.9. The fraction of sp³-hybridized carbons (Fsp3) is 0.357. The Morgan fingerprint density at radius 1 is 1.53 bits per heavy atom. The van der Waals surface area contributed by atoms with E-state index in [1.165, 1.54) is 12.1 Å². The van der Waals surface area contributed by atoms with Crippen molar-refractivity contribution in [3.63, 3.8) is 0 Å². The molecule has 1 aliphatic heterocycles. The summed E-state index contributed by atoms with van der Waals surface area (Å²) in [6.07, 6.45) is 0.483. The second kappa shape index (κ2) is 6.21. The van der Waals surface area contributed by atoms with Crippen molar-refractivity contribution >= 4 is 5.91 Å². The van der Waals surface area contributed by atoms with Gasteiger partial charge >= 0.3 is 0 Å². The third-order valence-electron chi connectivity index (χ3n) is 2.67. The van der Waals surface area contributed by atoms with Gasteiger partial charge in [-0.05, 0) is 37.0 Å². The maximum absolute atomic E-state index is 13.4. The maximum Gasteiger partial charge on any atom is 0.295 e. The van der Waals surface area contributed by atoms with E-state index in [0.717, 1.165) is 5.56 Å². The number of hydrogen-bond acceptors (Lipinski definition) is 3. The van der Waals surface area contributed by atoms with Gasteiger partial charge in [-0.25, -0.2) is 4.39 Å². The first-order valence-corrected chi connectivity index (χ1v) is 5.93. The average molecular weight is 263 g/mol. The summed E-state index contributed by atoms with van der Waals surface area (Å²) >= 11 is 0. The van der Waals surface area contributed by atoms with E-state index in [0.29, 0.717) is 30.9 Å². The van der Waals surface area contributed by atoms with Crippen LogP contribution in [0.1, 0.15) is 18.1 Å². The fourth-order valence-electron chi connectivity index (χ4n) is 1.91. The van der Waals surface area contributed by atoms with Crippen molar-refractivity contribution in [3.05, 3.63) is 29.1 Å². The molecule has 2 rings (SSSR count). The van der Waals surface area contributed by atoms with E-state index < -0.39 is 0 Å². The Morgan fingerprint density at radius 3 is 3.16 bits per heavy atom. The number of nitrogens with one attached hydrogen (secondary N) is 1. The number of hydrogen-bond donors (Lipinski definition) is 1. The molecule has 0 spiro atoms. The van der Waals surface area contributed by atoms with Crippen LogP contribution >= 0.6 is 0 Å². The smallest absolute Gasteiger partial charge is 0.295 e. The van der Waals surface area contributed by atoms with Gasteiger partial charge < -0.3 is 14.8 Å². The predicted molar refractivity (Wildman–Crippen MR) is 66.8 cm³/mol. The van der Waals surface area contributed by atoms with Crippen molar-refractivity contribution in [2.24, 2.45) is 0 Å². The second-order valence-corrected chi connectivity index (χ2v) is 4.04. The Hall–Kier alpha value is -2.06. The van der Waals surface area contributed by atoms with Crippen LogP contribution in [0.3, 0.4) is 0 Å². The summed E-state index contributed by atoms with van der Waals surface area (Å²) in [5.74, 6) is 4.88. The molecular weight excluding hydrogens is 249 g/mol. The SMILES string of the molecule is CC#CC(=O)NCCc1cc(F)cc2c1OCOC2. The van der Waals surface area contributed by atoms with Gasteiger partial charge in [0.25, 0.3) is 5.91 Å². The maximum atomic E-state index is 13.4. The number of ether oxygens (including phenoxy) is 2. The molecule has 1 aromatic carbocycles. The first-order valence-electron chi connectivity index (χ1n) is 5.93. The van der Waals surface area contributed by atoms with Gasteiger partial charge in [-0.2, -0.15) is 0 Å². The number of carbonyl (C=O) groups excluding carboxylic acids is 1. The Morgan fingerprint density at radius 2 is 2.37 bits per heavy atom. The van der Waals surface area contributed by atoms with E-state index in [9.17, 15) is 9.18 Å². The van der Waals surface area contributed by atoms with Gasteiger partial charge in [0.05, 0.1) is 6.61 Å². The molecule has 1 aliphatic rings. The zero-order chi connectivity index (χ0) is 13.7. The van der Waals surface area contributed by atoms with E-state index in [4.69, 9.17) is 9.47 Å². The van der Waals surface area contributed by atoms with E-state index in [2.05, 4.69) is 17.2 Å². The summed E-state index contributed by atoms with van der Waals surface area (Å²) in [7, 11) is 0. The molecule has 0 saturated heterocycles. The highest BCUT2D eigenvalue weighted by atomic mass is 19.1. The van der Waals surface area contributed by atoms with E-state index in [1.54, 1.807) is 6.92 Å². The lowest BCUT2D eigenvalue weighted by atomic mass is 10.1. The zero-order valence-electron chi connectivity index (χ0n) is 10.6. The van der Waals surface area contributed by atoms with Gasteiger partial charge in [-0.1, -0.05) is 5.92 Å². The Labute approximate surface area is 110 Å². The van der Waals surface area contributed by atoms with Crippen molar-refractivity contribution in [1.82, 2.24) is 5.32 Å². The van der Waals surface area contributed by atoms with Crippen LogP contribution in [0.5, 0.6) is 5.75 Å². The highest BCUT2D eigenvalue weighted by Gasteiger charge is 2.16. The molecule has 19 heavy (non-hydrogen) atoms. The monoisotopic (exact) mass is 263 g/mol. The number of rotatable bonds is 3. The molecule has 0 atom stereocenters. The van der Waals surface area contributed by atoms with Crippen molar-refractivity contribution < 1.29 is 18.7 Å². The van der Waals surface area contributed by atoms with Crippen LogP contribution in [0.4, 0.5) is 4.39 Å². The summed E-state index contributed by atoms with van der Waals surface area (Å²) in [6, 6.07) is 2.82. The molecule has 0 bridgehead atoms. The van der Waals surface area contributed by atoms with E-state index in [1.807, 2.05) is 0 Å². The molecule has 0 aliphatic carbocycles. The molecule has 1 heterocycles. The molecule has 0 radical (unpaired) electrons. The molecule has 0 saturated carbocycles. The Bertz CT molecular complexity index is 546. The first-order chi connectivity index (χ1) is 9.20. The van der Waals surface area contributed by atoms with Crippen LogP contribution in [0.25, 0.3) is 0 Å². The number of amides is 1. The normalized spacial score (nSPS) is 12.7. The van der Waals surface area contributed by atoms with Crippen LogP contribution in [0.2, 0.25) is 0 Å². The average Bonchev–Trinajstić information content (AvgIpc) is 2.38. The lowest BCUT2D eigenvalue weighted by Crippen LogP contribution is -2.24. The molecule has 4 nitrogen and oxygen atoms in total. The van der Waals surface area contributed by atoms with Gasteiger partial charge in [0.2, 0.25) is 0 Å². The Kier molecular flexibility index (Phi) is 4.37. The van der Waals surface area contributed by atoms with E-state index in [-0.39, 0.29) is 18.5 Å². The highest BCUT2D eigenvalue weighted by Crippen LogP contribution is 2.29. The predicted octanol–water partition coefficient (Wildman–Crippen LogP) is 1.37. The summed E-state index contributed by atoms with van der Waals surface area (Å²) in [5.41, 5.74) is 1.42. The zero-order valence-corrected chi connectivity index (χ0v) is 10.6. The minimum atomic E-state index is -0.336.